The van der Waals surface area contributed by atoms with E-state index in [1.165, 1.54) is 25.4 Å². The van der Waals surface area contributed by atoms with Crippen molar-refractivity contribution in [3.63, 3.8) is 0 Å². The number of hydrogen-bond acceptors (Lipinski definition) is 5. The van der Waals surface area contributed by atoms with Crippen molar-refractivity contribution in [2.24, 2.45) is 5.41 Å². The molecule has 1 fully saturated rings. The van der Waals surface area contributed by atoms with Gasteiger partial charge in [-0.2, -0.15) is 0 Å². The molecule has 2 aromatic heterocycles. The zero-order chi connectivity index (χ0) is 18.0. The summed E-state index contributed by atoms with van der Waals surface area (Å²) in [7, 11) is 2.87. The number of aromatic nitrogens is 1. The van der Waals surface area contributed by atoms with Crippen LogP contribution in [-0.4, -0.2) is 46.7 Å². The lowest BCUT2D eigenvalue weighted by Gasteiger charge is -2.41. The maximum Gasteiger partial charge on any atom is 0.332 e. The molecule has 3 heterocycles. The molecule has 1 saturated heterocycles. The predicted octanol–water partition coefficient (Wildman–Crippen LogP) is 2.36. The van der Waals surface area contributed by atoms with Crippen molar-refractivity contribution in [2.75, 3.05) is 14.1 Å². The minimum absolute atomic E-state index is 0.301. The van der Waals surface area contributed by atoms with E-state index in [2.05, 4.69) is 4.98 Å². The number of pyridine rings is 1. The number of aryl methyl sites for hydroxylation is 1. The highest BCUT2D eigenvalue weighted by Gasteiger charge is 2.55. The molecule has 0 unspecified atom stereocenters. The summed E-state index contributed by atoms with van der Waals surface area (Å²) >= 11 is 1.51. The Bertz CT molecular complexity index is 765. The molecule has 4 amide bonds. The number of imide groups is 2. The van der Waals surface area contributed by atoms with Crippen molar-refractivity contribution in [3.8, 4) is 0 Å². The van der Waals surface area contributed by atoms with Gasteiger partial charge in [0.25, 0.3) is 0 Å². The van der Waals surface area contributed by atoms with Crippen LogP contribution in [0.25, 0.3) is 0 Å². The number of barbiturate groups is 1. The molecule has 0 saturated carbocycles. The van der Waals surface area contributed by atoms with Gasteiger partial charge in [0.2, 0.25) is 11.8 Å². The molecule has 0 atom stereocenters. The van der Waals surface area contributed by atoms with Gasteiger partial charge in [-0.3, -0.25) is 24.4 Å². The smallest absolute Gasteiger partial charge is 0.273 e. The summed E-state index contributed by atoms with van der Waals surface area (Å²) < 4.78 is 0. The molecule has 3 rings (SSSR count). The van der Waals surface area contributed by atoms with E-state index in [9.17, 15) is 14.4 Å². The predicted molar refractivity (Wildman–Crippen MR) is 94.0 cm³/mol. The van der Waals surface area contributed by atoms with Crippen LogP contribution in [0.5, 0.6) is 0 Å². The van der Waals surface area contributed by atoms with Gasteiger partial charge >= 0.3 is 6.03 Å². The van der Waals surface area contributed by atoms with Crippen LogP contribution in [0.15, 0.2) is 42.0 Å². The van der Waals surface area contributed by atoms with Crippen molar-refractivity contribution in [2.45, 2.75) is 19.3 Å². The van der Waals surface area contributed by atoms with E-state index in [0.29, 0.717) is 19.3 Å². The minimum atomic E-state index is -1.26. The topological polar surface area (TPSA) is 70.6 Å². The Kier molecular flexibility index (Phi) is 4.67. The number of rotatable bonds is 5. The highest BCUT2D eigenvalue weighted by Crippen LogP contribution is 2.37. The highest BCUT2D eigenvalue weighted by atomic mass is 32.1. The molecule has 1 aliphatic heterocycles. The first kappa shape index (κ1) is 17.3. The van der Waals surface area contributed by atoms with E-state index >= 15 is 0 Å². The van der Waals surface area contributed by atoms with Crippen LogP contribution in [0.3, 0.4) is 0 Å². The summed E-state index contributed by atoms with van der Waals surface area (Å²) in [6.45, 7) is 0. The second kappa shape index (κ2) is 6.76. The monoisotopic (exact) mass is 357 g/mol. The molecule has 25 heavy (non-hydrogen) atoms. The van der Waals surface area contributed by atoms with Crippen LogP contribution in [0.4, 0.5) is 4.79 Å². The number of amides is 4. The Morgan fingerprint density at radius 1 is 1.04 bits per heavy atom. The second-order valence-electron chi connectivity index (χ2n) is 6.20. The molecule has 0 aromatic carbocycles. The van der Waals surface area contributed by atoms with Crippen LogP contribution in [-0.2, 0) is 22.4 Å². The summed E-state index contributed by atoms with van der Waals surface area (Å²) in [4.78, 5) is 45.2. The van der Waals surface area contributed by atoms with Crippen molar-refractivity contribution >= 4 is 29.2 Å². The fourth-order valence-corrected chi connectivity index (χ4v) is 4.02. The highest BCUT2D eigenvalue weighted by molar-refractivity contribution is 7.09. The largest absolute Gasteiger partial charge is 0.332 e. The van der Waals surface area contributed by atoms with Gasteiger partial charge in [-0.1, -0.05) is 6.07 Å². The lowest BCUT2D eigenvalue weighted by Crippen LogP contribution is -2.63. The fraction of sp³-hybridized carbons (Fsp3) is 0.333. The van der Waals surface area contributed by atoms with Crippen molar-refractivity contribution < 1.29 is 14.4 Å². The van der Waals surface area contributed by atoms with Crippen LogP contribution in [0.1, 0.15) is 16.9 Å². The van der Waals surface area contributed by atoms with Gasteiger partial charge < -0.3 is 0 Å². The SMILES string of the molecule is CN1C(=O)N(C)C(=O)C(CCc2ccncc2)(Cc2cccs2)C1=O. The lowest BCUT2D eigenvalue weighted by molar-refractivity contribution is -0.157. The van der Waals surface area contributed by atoms with Gasteiger partial charge in [0, 0.05) is 37.8 Å². The van der Waals surface area contributed by atoms with Crippen molar-refractivity contribution in [1.29, 1.82) is 0 Å². The fourth-order valence-electron chi connectivity index (χ4n) is 3.20. The Morgan fingerprint density at radius 2 is 1.68 bits per heavy atom. The summed E-state index contributed by atoms with van der Waals surface area (Å²) in [5, 5.41) is 1.92. The number of carbonyl (C=O) groups is 3. The third kappa shape index (κ3) is 3.07. The molecule has 2 aromatic rings. The van der Waals surface area contributed by atoms with E-state index in [1.54, 1.807) is 12.4 Å². The van der Waals surface area contributed by atoms with Crippen LogP contribution in [0, 0.1) is 5.41 Å². The summed E-state index contributed by atoms with van der Waals surface area (Å²) in [6, 6.07) is 6.97. The summed E-state index contributed by atoms with van der Waals surface area (Å²) in [5.74, 6) is -0.855. The van der Waals surface area contributed by atoms with Crippen molar-refractivity contribution in [1.82, 2.24) is 14.8 Å². The van der Waals surface area contributed by atoms with Crippen molar-refractivity contribution in [3.05, 3.63) is 52.5 Å². The average Bonchev–Trinajstić information content (AvgIpc) is 3.15. The van der Waals surface area contributed by atoms with Gasteiger partial charge in [-0.15, -0.1) is 11.3 Å². The Balaban J connectivity index is 1.97. The first-order valence-electron chi connectivity index (χ1n) is 7.97. The zero-order valence-corrected chi connectivity index (χ0v) is 15.0. The molecular formula is C18H19N3O3S. The number of hydrogen-bond donors (Lipinski definition) is 0. The van der Waals surface area contributed by atoms with Gasteiger partial charge in [0.05, 0.1) is 0 Å². The second-order valence-corrected chi connectivity index (χ2v) is 7.24. The number of carbonyl (C=O) groups excluding carboxylic acids is 3. The van der Waals surface area contributed by atoms with Crippen LogP contribution >= 0.6 is 11.3 Å². The number of urea groups is 1. The van der Waals surface area contributed by atoms with Gasteiger partial charge in [0.15, 0.2) is 0 Å². The van der Waals surface area contributed by atoms with E-state index in [4.69, 9.17) is 0 Å². The van der Waals surface area contributed by atoms with Crippen LogP contribution < -0.4 is 0 Å². The Labute approximate surface area is 150 Å². The quantitative estimate of drug-likeness (QED) is 0.770. The summed E-state index contributed by atoms with van der Waals surface area (Å²) in [5.41, 5.74) is -0.255. The molecule has 0 aliphatic carbocycles. The standard InChI is InChI=1S/C18H19N3O3S/c1-20-15(22)18(12-14-4-3-11-25-14,16(23)21(2)17(20)24)8-5-13-6-9-19-10-7-13/h3-4,6-7,9-11H,5,8,12H2,1-2H3. The van der Waals surface area contributed by atoms with Gasteiger partial charge in [0.1, 0.15) is 5.41 Å². The maximum absolute atomic E-state index is 13.0. The lowest BCUT2D eigenvalue weighted by atomic mass is 9.75. The van der Waals surface area contributed by atoms with E-state index < -0.39 is 23.3 Å². The number of nitrogens with zero attached hydrogens (tertiary/aromatic N) is 3. The summed E-state index contributed by atoms with van der Waals surface area (Å²) in [6.07, 6.45) is 4.58. The maximum atomic E-state index is 13.0. The molecule has 7 heteroatoms. The molecular weight excluding hydrogens is 338 g/mol. The van der Waals surface area contributed by atoms with E-state index in [0.717, 1.165) is 20.2 Å². The van der Waals surface area contributed by atoms with E-state index in [1.807, 2.05) is 29.6 Å². The van der Waals surface area contributed by atoms with E-state index in [-0.39, 0.29) is 0 Å². The Hall–Kier alpha value is -2.54. The third-order valence-electron chi connectivity index (χ3n) is 4.65. The molecule has 130 valence electrons. The molecule has 0 spiro atoms. The average molecular weight is 357 g/mol. The zero-order valence-electron chi connectivity index (χ0n) is 14.1. The normalized spacial score (nSPS) is 17.3. The molecule has 0 radical (unpaired) electrons. The first-order valence-corrected chi connectivity index (χ1v) is 8.85. The van der Waals surface area contributed by atoms with Gasteiger partial charge in [-0.25, -0.2) is 4.79 Å². The van der Waals surface area contributed by atoms with Crippen LogP contribution in [0.2, 0.25) is 0 Å². The molecule has 0 bridgehead atoms. The van der Waals surface area contributed by atoms with Gasteiger partial charge in [-0.05, 0) is 42.0 Å². The minimum Gasteiger partial charge on any atom is -0.273 e. The Morgan fingerprint density at radius 3 is 2.24 bits per heavy atom. The number of thiophene rings is 1. The third-order valence-corrected chi connectivity index (χ3v) is 5.52. The first-order chi connectivity index (χ1) is 12.0. The molecule has 6 nitrogen and oxygen atoms in total. The molecule has 0 N–H and O–H groups in total. The molecule has 1 aliphatic rings.